The third-order valence-electron chi connectivity index (χ3n) is 3.51. The molecule has 20 heavy (non-hydrogen) atoms. The summed E-state index contributed by atoms with van der Waals surface area (Å²) in [6.07, 6.45) is 1.86. The van der Waals surface area contributed by atoms with Gasteiger partial charge in [0.15, 0.2) is 0 Å². The molecule has 0 spiro atoms. The van der Waals surface area contributed by atoms with E-state index in [2.05, 4.69) is 26.6 Å². The van der Waals surface area contributed by atoms with Gasteiger partial charge in [0.05, 0.1) is 18.7 Å². The fourth-order valence-electron chi connectivity index (χ4n) is 2.58. The second kappa shape index (κ2) is 5.46. The molecule has 5 heteroatoms. The number of aliphatic carboxylic acids is 1. The van der Waals surface area contributed by atoms with Crippen LogP contribution in [0.25, 0.3) is 0 Å². The molecule has 1 aromatic heterocycles. The zero-order valence-corrected chi connectivity index (χ0v) is 11.2. The number of hydrogen-bond acceptors (Lipinski definition) is 3. The number of nitrogens with zero attached hydrogens (tertiary/aromatic N) is 3. The molecule has 0 saturated carbocycles. The van der Waals surface area contributed by atoms with E-state index in [9.17, 15) is 4.79 Å². The summed E-state index contributed by atoms with van der Waals surface area (Å²) in [5, 5.41) is 8.82. The van der Waals surface area contributed by atoms with E-state index in [4.69, 9.17) is 5.11 Å². The van der Waals surface area contributed by atoms with E-state index in [0.29, 0.717) is 5.69 Å². The van der Waals surface area contributed by atoms with Gasteiger partial charge < -0.3 is 9.67 Å². The Kier molecular flexibility index (Phi) is 3.52. The second-order valence-corrected chi connectivity index (χ2v) is 5.11. The smallest absolute Gasteiger partial charge is 0.309 e. The fraction of sp³-hybridized carbons (Fsp3) is 0.333. The molecular weight excluding hydrogens is 254 g/mol. The number of carboxylic acids is 1. The number of carboxylic acid groups (broad SMARTS) is 1. The Labute approximate surface area is 117 Å². The number of rotatable bonds is 4. The normalized spacial score (nSPS) is 15.0. The van der Waals surface area contributed by atoms with Gasteiger partial charge in [-0.1, -0.05) is 30.3 Å². The van der Waals surface area contributed by atoms with Crippen LogP contribution in [0.2, 0.25) is 0 Å². The number of hydrogen-bond donors (Lipinski definition) is 1. The number of aromatic nitrogens is 2. The van der Waals surface area contributed by atoms with E-state index in [1.165, 1.54) is 5.56 Å². The maximum Gasteiger partial charge on any atom is 0.309 e. The minimum atomic E-state index is -0.832. The second-order valence-electron chi connectivity index (χ2n) is 5.11. The Morgan fingerprint density at radius 2 is 2.05 bits per heavy atom. The maximum atomic E-state index is 10.7. The molecule has 0 saturated heterocycles. The number of benzene rings is 1. The summed E-state index contributed by atoms with van der Waals surface area (Å²) in [5.41, 5.74) is 1.94. The molecule has 5 nitrogen and oxygen atoms in total. The molecule has 1 aliphatic heterocycles. The van der Waals surface area contributed by atoms with Crippen LogP contribution in [-0.4, -0.2) is 32.1 Å². The lowest BCUT2D eigenvalue weighted by Crippen LogP contribution is -2.33. The van der Waals surface area contributed by atoms with Gasteiger partial charge in [0.25, 0.3) is 0 Å². The van der Waals surface area contributed by atoms with Crippen molar-refractivity contribution in [1.29, 1.82) is 0 Å². The van der Waals surface area contributed by atoms with Gasteiger partial charge >= 0.3 is 5.97 Å². The molecule has 0 atom stereocenters. The van der Waals surface area contributed by atoms with Crippen LogP contribution < -0.4 is 0 Å². The third-order valence-corrected chi connectivity index (χ3v) is 3.51. The SMILES string of the molecule is O=C(O)Cc1cn2c(n1)CN(Cc1ccccc1)CC2. The van der Waals surface area contributed by atoms with E-state index in [1.54, 1.807) is 0 Å². The van der Waals surface area contributed by atoms with E-state index in [0.717, 1.165) is 32.0 Å². The number of imidazole rings is 1. The van der Waals surface area contributed by atoms with E-state index in [1.807, 2.05) is 24.4 Å². The maximum absolute atomic E-state index is 10.7. The first kappa shape index (κ1) is 12.9. The van der Waals surface area contributed by atoms with Crippen LogP contribution in [0.1, 0.15) is 17.1 Å². The largest absolute Gasteiger partial charge is 0.481 e. The molecule has 104 valence electrons. The van der Waals surface area contributed by atoms with Crippen molar-refractivity contribution in [3.8, 4) is 0 Å². The highest BCUT2D eigenvalue weighted by Crippen LogP contribution is 2.15. The molecule has 0 amide bonds. The minimum absolute atomic E-state index is 0.00130. The molecule has 0 bridgehead atoms. The summed E-state index contributed by atoms with van der Waals surface area (Å²) in [6.45, 7) is 3.51. The first-order chi connectivity index (χ1) is 9.70. The molecular formula is C15H17N3O2. The van der Waals surface area contributed by atoms with Crippen LogP contribution in [-0.2, 0) is 30.8 Å². The highest BCUT2D eigenvalue weighted by atomic mass is 16.4. The first-order valence-electron chi connectivity index (χ1n) is 6.74. The third kappa shape index (κ3) is 2.88. The fourth-order valence-corrected chi connectivity index (χ4v) is 2.58. The summed E-state index contributed by atoms with van der Waals surface area (Å²) in [4.78, 5) is 17.5. The molecule has 0 radical (unpaired) electrons. The summed E-state index contributed by atoms with van der Waals surface area (Å²) in [7, 11) is 0. The van der Waals surface area contributed by atoms with E-state index in [-0.39, 0.29) is 6.42 Å². The van der Waals surface area contributed by atoms with Crippen molar-refractivity contribution >= 4 is 5.97 Å². The summed E-state index contributed by atoms with van der Waals surface area (Å²) < 4.78 is 2.07. The molecule has 0 fully saturated rings. The first-order valence-corrected chi connectivity index (χ1v) is 6.74. The highest BCUT2D eigenvalue weighted by molar-refractivity contribution is 5.69. The molecule has 0 aliphatic carbocycles. The topological polar surface area (TPSA) is 58.4 Å². The van der Waals surface area contributed by atoms with Crippen LogP contribution in [0.3, 0.4) is 0 Å². The van der Waals surface area contributed by atoms with Gasteiger partial charge in [-0.05, 0) is 5.56 Å². The van der Waals surface area contributed by atoms with Crippen molar-refractivity contribution in [3.63, 3.8) is 0 Å². The quantitative estimate of drug-likeness (QED) is 0.916. The predicted octanol–water partition coefficient (Wildman–Crippen LogP) is 1.53. The van der Waals surface area contributed by atoms with Gasteiger partial charge in [-0.2, -0.15) is 0 Å². The lowest BCUT2D eigenvalue weighted by Gasteiger charge is -2.27. The zero-order valence-electron chi connectivity index (χ0n) is 11.2. The molecule has 2 heterocycles. The van der Waals surface area contributed by atoms with Gasteiger partial charge in [-0.15, -0.1) is 0 Å². The summed E-state index contributed by atoms with van der Waals surface area (Å²) in [6, 6.07) is 10.4. The van der Waals surface area contributed by atoms with Crippen molar-refractivity contribution in [1.82, 2.24) is 14.5 Å². The highest BCUT2D eigenvalue weighted by Gasteiger charge is 2.19. The number of carbonyl (C=O) groups is 1. The van der Waals surface area contributed by atoms with Crippen molar-refractivity contribution in [2.45, 2.75) is 26.1 Å². The van der Waals surface area contributed by atoms with Crippen molar-refractivity contribution in [3.05, 3.63) is 53.6 Å². The Morgan fingerprint density at radius 1 is 1.25 bits per heavy atom. The lowest BCUT2D eigenvalue weighted by molar-refractivity contribution is -0.136. The molecule has 1 aromatic carbocycles. The Morgan fingerprint density at radius 3 is 2.80 bits per heavy atom. The van der Waals surface area contributed by atoms with Crippen LogP contribution >= 0.6 is 0 Å². The van der Waals surface area contributed by atoms with Gasteiger partial charge in [-0.25, -0.2) is 4.98 Å². The molecule has 1 N–H and O–H groups in total. The molecule has 3 rings (SSSR count). The van der Waals surface area contributed by atoms with Crippen LogP contribution in [0.4, 0.5) is 0 Å². The summed E-state index contributed by atoms with van der Waals surface area (Å²) in [5.74, 6) is 0.130. The van der Waals surface area contributed by atoms with E-state index < -0.39 is 5.97 Å². The molecule has 0 unspecified atom stereocenters. The van der Waals surface area contributed by atoms with Gasteiger partial charge in [0.1, 0.15) is 5.82 Å². The van der Waals surface area contributed by atoms with Crippen LogP contribution in [0, 0.1) is 0 Å². The number of fused-ring (bicyclic) bond motifs is 1. The standard InChI is InChI=1S/C15H17N3O2/c19-15(20)8-13-10-18-7-6-17(11-14(18)16-13)9-12-4-2-1-3-5-12/h1-5,10H,6-9,11H2,(H,19,20). The van der Waals surface area contributed by atoms with Crippen molar-refractivity contribution in [2.75, 3.05) is 6.54 Å². The van der Waals surface area contributed by atoms with E-state index >= 15 is 0 Å². The van der Waals surface area contributed by atoms with Gasteiger partial charge in [0.2, 0.25) is 0 Å². The van der Waals surface area contributed by atoms with Crippen LogP contribution in [0.15, 0.2) is 36.5 Å². The van der Waals surface area contributed by atoms with Crippen molar-refractivity contribution < 1.29 is 9.90 Å². The van der Waals surface area contributed by atoms with Crippen LogP contribution in [0.5, 0.6) is 0 Å². The Bertz CT molecular complexity index is 607. The molecule has 2 aromatic rings. The summed E-state index contributed by atoms with van der Waals surface area (Å²) >= 11 is 0. The van der Waals surface area contributed by atoms with Gasteiger partial charge in [-0.3, -0.25) is 9.69 Å². The average molecular weight is 271 g/mol. The monoisotopic (exact) mass is 271 g/mol. The lowest BCUT2D eigenvalue weighted by atomic mass is 10.2. The Hall–Kier alpha value is -2.14. The minimum Gasteiger partial charge on any atom is -0.481 e. The average Bonchev–Trinajstić information content (AvgIpc) is 2.80. The van der Waals surface area contributed by atoms with Gasteiger partial charge in [0, 0.05) is 25.8 Å². The molecule has 1 aliphatic rings. The Balaban J connectivity index is 1.69. The predicted molar refractivity (Wildman–Crippen MR) is 74.1 cm³/mol. The van der Waals surface area contributed by atoms with Crippen molar-refractivity contribution in [2.24, 2.45) is 0 Å². The zero-order chi connectivity index (χ0) is 13.9.